The van der Waals surface area contributed by atoms with Gasteiger partial charge in [0.25, 0.3) is 0 Å². The molecule has 0 aliphatic rings. The average molecular weight is 364 g/mol. The minimum absolute atomic E-state index is 0.182. The van der Waals surface area contributed by atoms with Crippen molar-refractivity contribution in [2.75, 3.05) is 7.11 Å². The Morgan fingerprint density at radius 3 is 1.93 bits per heavy atom. The molecule has 3 nitrogen and oxygen atoms in total. The first-order chi connectivity index (χ1) is 13.7. The predicted octanol–water partition coefficient (Wildman–Crippen LogP) is 5.60. The van der Waals surface area contributed by atoms with E-state index in [-0.39, 0.29) is 11.3 Å². The van der Waals surface area contributed by atoms with Gasteiger partial charge in [0.05, 0.1) is 12.7 Å². The summed E-state index contributed by atoms with van der Waals surface area (Å²) in [6.07, 6.45) is 0. The summed E-state index contributed by atoms with van der Waals surface area (Å²) in [5.74, 6) is -0.694. The molecule has 5 rings (SSSR count). The largest absolute Gasteiger partial charge is 0.465 e. The Bertz CT molecular complexity index is 1370. The van der Waals surface area contributed by atoms with Gasteiger partial charge in [-0.3, -0.25) is 4.79 Å². The monoisotopic (exact) mass is 364 g/mol. The number of hydrogen-bond acceptors (Lipinski definition) is 3. The fraction of sp³-hybridized carbons (Fsp3) is 0.0400. The molecule has 5 aromatic rings. The van der Waals surface area contributed by atoms with E-state index in [2.05, 4.69) is 24.3 Å². The highest BCUT2D eigenvalue weighted by molar-refractivity contribution is 6.28. The molecule has 0 radical (unpaired) electrons. The lowest BCUT2D eigenvalue weighted by Crippen LogP contribution is -2.11. The van der Waals surface area contributed by atoms with Crippen LogP contribution in [0, 0.1) is 0 Å². The normalized spacial score (nSPS) is 11.3. The van der Waals surface area contributed by atoms with E-state index in [0.717, 1.165) is 32.3 Å². The Balaban J connectivity index is 1.81. The van der Waals surface area contributed by atoms with Gasteiger partial charge < -0.3 is 4.74 Å². The second kappa shape index (κ2) is 6.17. The first-order valence-electron chi connectivity index (χ1n) is 9.07. The van der Waals surface area contributed by atoms with Crippen LogP contribution >= 0.6 is 0 Å². The zero-order chi connectivity index (χ0) is 19.3. The third kappa shape index (κ3) is 2.30. The van der Waals surface area contributed by atoms with Gasteiger partial charge in [-0.15, -0.1) is 0 Å². The Hall–Kier alpha value is -3.72. The zero-order valence-corrected chi connectivity index (χ0v) is 15.2. The van der Waals surface area contributed by atoms with Gasteiger partial charge in [0.1, 0.15) is 0 Å². The molecule has 0 aromatic heterocycles. The number of methoxy groups -OCH3 is 1. The van der Waals surface area contributed by atoms with E-state index in [1.165, 1.54) is 7.11 Å². The molecule has 28 heavy (non-hydrogen) atoms. The highest BCUT2D eigenvalue weighted by Gasteiger charge is 2.21. The fourth-order valence-electron chi connectivity index (χ4n) is 4.05. The molecule has 0 saturated heterocycles. The van der Waals surface area contributed by atoms with E-state index in [1.54, 1.807) is 24.3 Å². The Labute approximate surface area is 161 Å². The Kier molecular flexibility index (Phi) is 3.63. The maximum Gasteiger partial charge on any atom is 0.338 e. The number of ether oxygens (including phenoxy) is 1. The van der Waals surface area contributed by atoms with Gasteiger partial charge in [-0.2, -0.15) is 0 Å². The molecule has 0 bridgehead atoms. The van der Waals surface area contributed by atoms with Gasteiger partial charge in [0.15, 0.2) is 5.78 Å². The van der Waals surface area contributed by atoms with Crippen molar-refractivity contribution < 1.29 is 14.3 Å². The van der Waals surface area contributed by atoms with Crippen molar-refractivity contribution in [1.82, 2.24) is 0 Å². The number of ketones is 1. The number of esters is 1. The molecule has 0 unspecified atom stereocenters. The number of benzene rings is 5. The summed E-state index contributed by atoms with van der Waals surface area (Å²) < 4.78 is 4.85. The first kappa shape index (κ1) is 16.5. The molecule has 0 aliphatic carbocycles. The van der Waals surface area contributed by atoms with E-state index < -0.39 is 5.97 Å². The molecule has 0 amide bonds. The SMILES string of the molecule is COC(=O)c1ccccc1C(=O)c1ccc2ccc3cccc4ccc1c2c34. The standard InChI is InChI=1S/C25H16O3/c1-28-25(27)21-8-3-2-7-19(21)24(26)20-14-12-17-10-9-15-5-4-6-16-11-13-18(20)23(17)22(15)16/h2-14H,1H3. The molecule has 0 atom stereocenters. The van der Waals surface area contributed by atoms with Crippen LogP contribution in [0.3, 0.4) is 0 Å². The van der Waals surface area contributed by atoms with Gasteiger partial charge in [-0.05, 0) is 44.5 Å². The van der Waals surface area contributed by atoms with E-state index in [1.807, 2.05) is 30.3 Å². The van der Waals surface area contributed by atoms with Crippen LogP contribution in [-0.2, 0) is 4.74 Å². The quantitative estimate of drug-likeness (QED) is 0.238. The lowest BCUT2D eigenvalue weighted by Gasteiger charge is -2.14. The van der Waals surface area contributed by atoms with Gasteiger partial charge in [0.2, 0.25) is 0 Å². The van der Waals surface area contributed by atoms with Gasteiger partial charge in [-0.25, -0.2) is 4.79 Å². The highest BCUT2D eigenvalue weighted by Crippen LogP contribution is 2.36. The van der Waals surface area contributed by atoms with Crippen LogP contribution in [0.25, 0.3) is 32.3 Å². The molecule has 0 N–H and O–H groups in total. The van der Waals surface area contributed by atoms with Crippen LogP contribution in [0.2, 0.25) is 0 Å². The minimum atomic E-state index is -0.512. The molecule has 0 aliphatic heterocycles. The van der Waals surface area contributed by atoms with Crippen LogP contribution in [0.1, 0.15) is 26.3 Å². The lowest BCUT2D eigenvalue weighted by atomic mass is 9.89. The fourth-order valence-corrected chi connectivity index (χ4v) is 4.05. The summed E-state index contributed by atoms with van der Waals surface area (Å²) in [5, 5.41) is 6.53. The van der Waals surface area contributed by atoms with Crippen molar-refractivity contribution in [3.63, 3.8) is 0 Å². The highest BCUT2D eigenvalue weighted by atomic mass is 16.5. The Morgan fingerprint density at radius 1 is 0.607 bits per heavy atom. The van der Waals surface area contributed by atoms with Gasteiger partial charge in [-0.1, -0.05) is 66.7 Å². The van der Waals surface area contributed by atoms with E-state index in [9.17, 15) is 9.59 Å². The van der Waals surface area contributed by atoms with Crippen molar-refractivity contribution in [3.05, 3.63) is 95.6 Å². The van der Waals surface area contributed by atoms with E-state index in [0.29, 0.717) is 11.1 Å². The topological polar surface area (TPSA) is 43.4 Å². The number of carbonyl (C=O) groups excluding carboxylic acids is 2. The maximum absolute atomic E-state index is 13.4. The van der Waals surface area contributed by atoms with Crippen LogP contribution < -0.4 is 0 Å². The first-order valence-corrected chi connectivity index (χ1v) is 9.07. The summed E-state index contributed by atoms with van der Waals surface area (Å²) >= 11 is 0. The van der Waals surface area contributed by atoms with Crippen LogP contribution in [-0.4, -0.2) is 18.9 Å². The van der Waals surface area contributed by atoms with Crippen molar-refractivity contribution >= 4 is 44.1 Å². The lowest BCUT2D eigenvalue weighted by molar-refractivity contribution is 0.0597. The van der Waals surface area contributed by atoms with Crippen LogP contribution in [0.5, 0.6) is 0 Å². The number of carbonyl (C=O) groups is 2. The predicted molar refractivity (Wildman–Crippen MR) is 111 cm³/mol. The van der Waals surface area contributed by atoms with Crippen LogP contribution in [0.4, 0.5) is 0 Å². The van der Waals surface area contributed by atoms with E-state index >= 15 is 0 Å². The smallest absolute Gasteiger partial charge is 0.338 e. The molecule has 0 saturated carbocycles. The molecule has 0 fully saturated rings. The molecular weight excluding hydrogens is 348 g/mol. The Morgan fingerprint density at radius 2 is 1.21 bits per heavy atom. The summed E-state index contributed by atoms with van der Waals surface area (Å²) in [5.41, 5.74) is 1.21. The molecule has 0 heterocycles. The third-order valence-corrected chi connectivity index (χ3v) is 5.35. The number of rotatable bonds is 3. The molecule has 5 aromatic carbocycles. The summed E-state index contributed by atoms with van der Waals surface area (Å²) in [6, 6.07) is 25.1. The molecule has 0 spiro atoms. The van der Waals surface area contributed by atoms with Crippen molar-refractivity contribution in [2.24, 2.45) is 0 Å². The zero-order valence-electron chi connectivity index (χ0n) is 15.2. The molecule has 3 heteroatoms. The van der Waals surface area contributed by atoms with Crippen molar-refractivity contribution in [3.8, 4) is 0 Å². The summed E-state index contributed by atoms with van der Waals surface area (Å²) in [6.45, 7) is 0. The molecular formula is C25H16O3. The second-order valence-corrected chi connectivity index (χ2v) is 6.84. The van der Waals surface area contributed by atoms with E-state index in [4.69, 9.17) is 4.74 Å². The van der Waals surface area contributed by atoms with Gasteiger partial charge in [0, 0.05) is 11.1 Å². The second-order valence-electron chi connectivity index (χ2n) is 6.84. The van der Waals surface area contributed by atoms with Crippen molar-refractivity contribution in [1.29, 1.82) is 0 Å². The summed E-state index contributed by atoms with van der Waals surface area (Å²) in [7, 11) is 1.32. The third-order valence-electron chi connectivity index (χ3n) is 5.35. The molecule has 134 valence electrons. The van der Waals surface area contributed by atoms with Crippen LogP contribution in [0.15, 0.2) is 78.9 Å². The van der Waals surface area contributed by atoms with Gasteiger partial charge >= 0.3 is 5.97 Å². The van der Waals surface area contributed by atoms with Crippen molar-refractivity contribution in [2.45, 2.75) is 0 Å². The average Bonchev–Trinajstić information content (AvgIpc) is 2.76. The summed E-state index contributed by atoms with van der Waals surface area (Å²) in [4.78, 5) is 25.6. The minimum Gasteiger partial charge on any atom is -0.465 e. The number of hydrogen-bond donors (Lipinski definition) is 0. The maximum atomic E-state index is 13.4.